The summed E-state index contributed by atoms with van der Waals surface area (Å²) in [5.74, 6) is 0.206. The zero-order chi connectivity index (χ0) is 23.3. The molecule has 0 radical (unpaired) electrons. The summed E-state index contributed by atoms with van der Waals surface area (Å²) >= 11 is 0. The predicted molar refractivity (Wildman–Crippen MR) is 117 cm³/mol. The molecule has 10 heteroatoms. The van der Waals surface area contributed by atoms with Crippen LogP contribution in [0, 0.1) is 0 Å². The van der Waals surface area contributed by atoms with Crippen molar-refractivity contribution < 1.29 is 27.4 Å². The molecule has 0 spiro atoms. The van der Waals surface area contributed by atoms with Gasteiger partial charge in [-0.3, -0.25) is 4.90 Å². The maximum absolute atomic E-state index is 13.2. The number of hydrogen-bond donors (Lipinski definition) is 2. The summed E-state index contributed by atoms with van der Waals surface area (Å²) in [6, 6.07) is 7.12. The SMILES string of the molecule is COc1cc2c(c(-c3ccc4[nH]c(C(F)(F)F)nc4c3N)c1)C[C@@H](N1CCO[C@H](C)C1)CO2. The van der Waals surface area contributed by atoms with Gasteiger partial charge < -0.3 is 24.9 Å². The summed E-state index contributed by atoms with van der Waals surface area (Å²) in [7, 11) is 1.56. The number of methoxy groups -OCH3 is 1. The van der Waals surface area contributed by atoms with Gasteiger partial charge in [-0.2, -0.15) is 13.2 Å². The first-order valence-corrected chi connectivity index (χ1v) is 10.8. The highest BCUT2D eigenvalue weighted by atomic mass is 19.4. The van der Waals surface area contributed by atoms with E-state index in [4.69, 9.17) is 19.9 Å². The van der Waals surface area contributed by atoms with E-state index < -0.39 is 12.0 Å². The number of rotatable bonds is 3. The Morgan fingerprint density at radius 1 is 1.24 bits per heavy atom. The van der Waals surface area contributed by atoms with Crippen LogP contribution in [0.4, 0.5) is 18.9 Å². The molecule has 1 aromatic heterocycles. The van der Waals surface area contributed by atoms with Crippen LogP contribution in [-0.4, -0.2) is 60.4 Å². The molecule has 1 fully saturated rings. The molecule has 3 N–H and O–H groups in total. The van der Waals surface area contributed by atoms with E-state index in [0.29, 0.717) is 36.7 Å². The quantitative estimate of drug-likeness (QED) is 0.575. The molecule has 0 aliphatic carbocycles. The first-order chi connectivity index (χ1) is 15.7. The number of fused-ring (bicyclic) bond motifs is 2. The van der Waals surface area contributed by atoms with E-state index >= 15 is 0 Å². The number of anilines is 1. The van der Waals surface area contributed by atoms with Crippen LogP contribution in [0.3, 0.4) is 0 Å². The van der Waals surface area contributed by atoms with Crippen molar-refractivity contribution in [2.75, 3.05) is 39.1 Å². The van der Waals surface area contributed by atoms with Crippen molar-refractivity contribution in [3.05, 3.63) is 35.7 Å². The molecule has 0 unspecified atom stereocenters. The second-order valence-corrected chi connectivity index (χ2v) is 8.50. The molecule has 0 saturated carbocycles. The van der Waals surface area contributed by atoms with Crippen molar-refractivity contribution in [3.8, 4) is 22.6 Å². The van der Waals surface area contributed by atoms with E-state index in [1.165, 1.54) is 0 Å². The Kier molecular flexibility index (Phi) is 5.37. The van der Waals surface area contributed by atoms with Gasteiger partial charge in [0.2, 0.25) is 5.82 Å². The first kappa shape index (κ1) is 21.8. The lowest BCUT2D eigenvalue weighted by atomic mass is 9.90. The van der Waals surface area contributed by atoms with E-state index in [9.17, 15) is 13.2 Å². The number of alkyl halides is 3. The molecule has 2 atom stereocenters. The number of H-pyrrole nitrogens is 1. The Morgan fingerprint density at radius 3 is 2.79 bits per heavy atom. The van der Waals surface area contributed by atoms with Crippen molar-refractivity contribution >= 4 is 16.7 Å². The third-order valence-electron chi connectivity index (χ3n) is 6.33. The maximum Gasteiger partial charge on any atom is 0.449 e. The van der Waals surface area contributed by atoms with E-state index in [1.54, 1.807) is 19.2 Å². The average molecular weight is 462 g/mol. The van der Waals surface area contributed by atoms with Crippen molar-refractivity contribution in [2.24, 2.45) is 0 Å². The maximum atomic E-state index is 13.2. The molecular formula is C23H25F3N4O3. The molecule has 2 aromatic carbocycles. The van der Waals surface area contributed by atoms with Gasteiger partial charge in [0.1, 0.15) is 23.6 Å². The monoisotopic (exact) mass is 462 g/mol. The van der Waals surface area contributed by atoms with E-state index in [-0.39, 0.29) is 28.9 Å². The Morgan fingerprint density at radius 2 is 2.06 bits per heavy atom. The summed E-state index contributed by atoms with van der Waals surface area (Å²) in [5, 5.41) is 0. The third kappa shape index (κ3) is 3.97. The second kappa shape index (κ2) is 8.11. The van der Waals surface area contributed by atoms with E-state index in [1.807, 2.05) is 12.1 Å². The highest BCUT2D eigenvalue weighted by molar-refractivity contribution is 5.97. The Balaban J connectivity index is 1.59. The topological polar surface area (TPSA) is 85.6 Å². The lowest BCUT2D eigenvalue weighted by molar-refractivity contribution is -0.144. The number of ether oxygens (including phenoxy) is 3. The zero-order valence-electron chi connectivity index (χ0n) is 18.3. The highest BCUT2D eigenvalue weighted by Gasteiger charge is 2.35. The molecule has 2 aliphatic rings. The minimum absolute atomic E-state index is 0.0895. The van der Waals surface area contributed by atoms with Crippen LogP contribution in [-0.2, 0) is 17.3 Å². The van der Waals surface area contributed by atoms with Gasteiger partial charge in [-0.1, -0.05) is 6.07 Å². The van der Waals surface area contributed by atoms with Crippen molar-refractivity contribution in [1.82, 2.24) is 14.9 Å². The molecule has 5 rings (SSSR count). The van der Waals surface area contributed by atoms with Crippen molar-refractivity contribution in [3.63, 3.8) is 0 Å². The van der Waals surface area contributed by atoms with Gasteiger partial charge in [0.15, 0.2) is 0 Å². The lowest BCUT2D eigenvalue weighted by Crippen LogP contribution is -2.51. The predicted octanol–water partition coefficient (Wildman–Crippen LogP) is 3.86. The number of nitrogen functional groups attached to an aromatic ring is 1. The standard InChI is InChI=1S/C23H25F3N4O3/c1-12-10-30(5-6-32-12)13-7-17-16(8-14(31-2)9-19(17)33-11-13)15-3-4-18-21(20(15)27)29-22(28-18)23(24,25)26/h3-4,8-9,12-13H,5-7,10-11,27H2,1-2H3,(H,28,29)/t12-,13-/m1/s1. The minimum atomic E-state index is -4.59. The van der Waals surface area contributed by atoms with Gasteiger partial charge in [0.25, 0.3) is 0 Å². The Bertz CT molecular complexity index is 1190. The number of imidazole rings is 1. The van der Waals surface area contributed by atoms with Crippen LogP contribution in [0.15, 0.2) is 24.3 Å². The highest BCUT2D eigenvalue weighted by Crippen LogP contribution is 2.43. The lowest BCUT2D eigenvalue weighted by Gasteiger charge is -2.39. The number of halogens is 3. The fraction of sp³-hybridized carbons (Fsp3) is 0.435. The molecule has 2 aliphatic heterocycles. The minimum Gasteiger partial charge on any atom is -0.497 e. The normalized spacial score (nSPS) is 21.6. The van der Waals surface area contributed by atoms with E-state index in [2.05, 4.69) is 21.8 Å². The number of hydrogen-bond acceptors (Lipinski definition) is 6. The summed E-state index contributed by atoms with van der Waals surface area (Å²) < 4.78 is 56.8. The van der Waals surface area contributed by atoms with Gasteiger partial charge in [-0.05, 0) is 31.0 Å². The number of nitrogens with zero attached hydrogens (tertiary/aromatic N) is 2. The first-order valence-electron chi connectivity index (χ1n) is 10.8. The summed E-state index contributed by atoms with van der Waals surface area (Å²) in [5.41, 5.74) is 9.18. The fourth-order valence-corrected chi connectivity index (χ4v) is 4.68. The number of nitrogens with two attached hydrogens (primary N) is 1. The second-order valence-electron chi connectivity index (χ2n) is 8.50. The molecule has 1 saturated heterocycles. The van der Waals surface area contributed by atoms with Crippen LogP contribution < -0.4 is 15.2 Å². The van der Waals surface area contributed by atoms with Crippen molar-refractivity contribution in [2.45, 2.75) is 31.7 Å². The van der Waals surface area contributed by atoms with Crippen LogP contribution in [0.2, 0.25) is 0 Å². The molecule has 3 aromatic rings. The summed E-state index contributed by atoms with van der Waals surface area (Å²) in [6.45, 7) is 4.89. The molecule has 0 amide bonds. The smallest absolute Gasteiger partial charge is 0.449 e. The molecule has 33 heavy (non-hydrogen) atoms. The molecule has 3 heterocycles. The van der Waals surface area contributed by atoms with Crippen LogP contribution >= 0.6 is 0 Å². The summed E-state index contributed by atoms with van der Waals surface area (Å²) in [4.78, 5) is 8.40. The van der Waals surface area contributed by atoms with Gasteiger partial charge in [-0.15, -0.1) is 0 Å². The Labute approximate surface area is 188 Å². The van der Waals surface area contributed by atoms with Crippen LogP contribution in [0.5, 0.6) is 11.5 Å². The van der Waals surface area contributed by atoms with Crippen molar-refractivity contribution in [1.29, 1.82) is 0 Å². The van der Waals surface area contributed by atoms with E-state index in [0.717, 1.165) is 24.2 Å². The fourth-order valence-electron chi connectivity index (χ4n) is 4.68. The zero-order valence-corrected chi connectivity index (χ0v) is 18.3. The molecular weight excluding hydrogens is 437 g/mol. The van der Waals surface area contributed by atoms with Crippen LogP contribution in [0.1, 0.15) is 18.3 Å². The average Bonchev–Trinajstić information content (AvgIpc) is 3.24. The third-order valence-corrected chi connectivity index (χ3v) is 6.33. The van der Waals surface area contributed by atoms with Gasteiger partial charge in [0, 0.05) is 36.3 Å². The van der Waals surface area contributed by atoms with Gasteiger partial charge in [-0.25, -0.2) is 4.98 Å². The Hall–Kier alpha value is -2.98. The number of benzene rings is 2. The van der Waals surface area contributed by atoms with Crippen LogP contribution in [0.25, 0.3) is 22.2 Å². The molecule has 7 nitrogen and oxygen atoms in total. The number of morpholine rings is 1. The van der Waals surface area contributed by atoms with Gasteiger partial charge in [0.05, 0.1) is 31.0 Å². The molecule has 176 valence electrons. The molecule has 0 bridgehead atoms. The van der Waals surface area contributed by atoms with Gasteiger partial charge >= 0.3 is 6.18 Å². The largest absolute Gasteiger partial charge is 0.497 e. The number of nitrogens with one attached hydrogen (secondary N) is 1. The number of aromatic nitrogens is 2. The number of aromatic amines is 1. The summed E-state index contributed by atoms with van der Waals surface area (Å²) in [6.07, 6.45) is -3.72.